The average molecular weight is 285 g/mol. The summed E-state index contributed by atoms with van der Waals surface area (Å²) in [7, 11) is 1.88. The fourth-order valence-corrected chi connectivity index (χ4v) is 1.71. The number of rotatable bonds is 8. The van der Waals surface area contributed by atoms with Gasteiger partial charge in [0.2, 0.25) is 0 Å². The van der Waals surface area contributed by atoms with Crippen molar-refractivity contribution < 1.29 is 18.3 Å². The van der Waals surface area contributed by atoms with Crippen molar-refractivity contribution in [2.75, 3.05) is 26.7 Å². The number of nitrogens with zero attached hydrogens (tertiary/aromatic N) is 1. The Kier molecular flexibility index (Phi) is 6.75. The maximum Gasteiger partial charge on any atom is 0.164 e. The van der Waals surface area contributed by atoms with Crippen molar-refractivity contribution in [2.45, 2.75) is 26.4 Å². The number of hydrogen-bond donors (Lipinski definition) is 0. The zero-order valence-corrected chi connectivity index (χ0v) is 12.2. The third-order valence-corrected chi connectivity index (χ3v) is 2.83. The highest BCUT2D eigenvalue weighted by atomic mass is 19.1. The molecule has 0 unspecified atom stereocenters. The van der Waals surface area contributed by atoms with Crippen molar-refractivity contribution in [1.82, 2.24) is 4.90 Å². The van der Waals surface area contributed by atoms with Crippen LogP contribution in [0.4, 0.5) is 8.78 Å². The van der Waals surface area contributed by atoms with Crippen LogP contribution in [-0.2, 0) is 4.74 Å². The van der Waals surface area contributed by atoms with Gasteiger partial charge in [-0.1, -0.05) is 0 Å². The third kappa shape index (κ3) is 6.21. The quantitative estimate of drug-likeness (QED) is 0.688. The summed E-state index contributed by atoms with van der Waals surface area (Å²) in [5.74, 6) is -1.72. The molecule has 1 aromatic carbocycles. The zero-order chi connectivity index (χ0) is 15.1. The smallest absolute Gasteiger partial charge is 0.164 e. The molecule has 0 spiro atoms. The van der Waals surface area contributed by atoms with Crippen molar-refractivity contribution in [3.05, 3.63) is 35.4 Å². The summed E-state index contributed by atoms with van der Waals surface area (Å²) in [6, 6.07) is 2.88. The van der Waals surface area contributed by atoms with E-state index >= 15 is 0 Å². The summed E-state index contributed by atoms with van der Waals surface area (Å²) in [6.07, 6.45) is 0.404. The number of carbonyl (C=O) groups excluding carboxylic acids is 1. The molecule has 1 aromatic rings. The molecule has 0 aliphatic heterocycles. The number of likely N-dealkylation sites (N-methyl/N-ethyl adjacent to an activating group) is 1. The molecule has 0 fully saturated rings. The van der Waals surface area contributed by atoms with Gasteiger partial charge in [0.1, 0.15) is 11.6 Å². The van der Waals surface area contributed by atoms with E-state index in [2.05, 4.69) is 0 Å². The highest BCUT2D eigenvalue weighted by Crippen LogP contribution is 2.10. The maximum absolute atomic E-state index is 13.0. The van der Waals surface area contributed by atoms with Crippen molar-refractivity contribution in [2.24, 2.45) is 0 Å². The Balaban J connectivity index is 2.39. The lowest BCUT2D eigenvalue weighted by Gasteiger charge is -2.17. The first-order chi connectivity index (χ1) is 9.38. The SMILES string of the molecule is CC(C)OCCN(C)CCC(=O)c1cc(F)cc(F)c1. The standard InChI is InChI=1S/C15H21F2NO2/c1-11(2)20-7-6-18(3)5-4-15(19)12-8-13(16)10-14(17)9-12/h8-11H,4-7H2,1-3H3. The first-order valence-electron chi connectivity index (χ1n) is 6.68. The monoisotopic (exact) mass is 285 g/mol. The largest absolute Gasteiger partial charge is 0.377 e. The Hall–Kier alpha value is -1.33. The molecule has 0 aliphatic carbocycles. The van der Waals surface area contributed by atoms with E-state index in [9.17, 15) is 13.6 Å². The predicted molar refractivity (Wildman–Crippen MR) is 73.9 cm³/mol. The lowest BCUT2D eigenvalue weighted by atomic mass is 10.1. The van der Waals surface area contributed by atoms with E-state index in [0.29, 0.717) is 19.7 Å². The van der Waals surface area contributed by atoms with E-state index in [1.54, 1.807) is 0 Å². The Morgan fingerprint density at radius 3 is 2.35 bits per heavy atom. The van der Waals surface area contributed by atoms with Gasteiger partial charge >= 0.3 is 0 Å². The van der Waals surface area contributed by atoms with Gasteiger partial charge in [-0.05, 0) is 33.0 Å². The number of Topliss-reactive ketones (excluding diaryl/α,β-unsaturated/α-hetero) is 1. The maximum atomic E-state index is 13.0. The Labute approximate surface area is 118 Å². The van der Waals surface area contributed by atoms with Crippen LogP contribution in [0.15, 0.2) is 18.2 Å². The number of ketones is 1. The molecule has 1 rings (SSSR count). The molecule has 0 amide bonds. The molecule has 3 nitrogen and oxygen atoms in total. The van der Waals surface area contributed by atoms with Crippen LogP contribution >= 0.6 is 0 Å². The molecule has 0 saturated heterocycles. The lowest BCUT2D eigenvalue weighted by Crippen LogP contribution is -2.26. The summed E-state index contributed by atoms with van der Waals surface area (Å²) < 4.78 is 31.4. The van der Waals surface area contributed by atoms with Gasteiger partial charge in [0, 0.05) is 31.1 Å². The molecule has 5 heteroatoms. The molecule has 0 bridgehead atoms. The first-order valence-corrected chi connectivity index (χ1v) is 6.68. The van der Waals surface area contributed by atoms with Gasteiger partial charge in [-0.25, -0.2) is 8.78 Å². The lowest BCUT2D eigenvalue weighted by molar-refractivity contribution is 0.0629. The van der Waals surface area contributed by atoms with Crippen LogP contribution in [0, 0.1) is 11.6 Å². The molecule has 0 saturated carbocycles. The van der Waals surface area contributed by atoms with Crippen LogP contribution in [0.2, 0.25) is 0 Å². The van der Waals surface area contributed by atoms with Gasteiger partial charge in [0.15, 0.2) is 5.78 Å². The van der Waals surface area contributed by atoms with E-state index in [4.69, 9.17) is 4.74 Å². The second kappa shape index (κ2) is 8.07. The second-order valence-corrected chi connectivity index (χ2v) is 5.05. The van der Waals surface area contributed by atoms with Crippen LogP contribution in [-0.4, -0.2) is 43.5 Å². The third-order valence-electron chi connectivity index (χ3n) is 2.83. The van der Waals surface area contributed by atoms with Crippen LogP contribution in [0.3, 0.4) is 0 Å². The molecule has 20 heavy (non-hydrogen) atoms. The molecular weight excluding hydrogens is 264 g/mol. The number of hydrogen-bond acceptors (Lipinski definition) is 3. The van der Waals surface area contributed by atoms with Crippen molar-refractivity contribution >= 4 is 5.78 Å². The van der Waals surface area contributed by atoms with Crippen molar-refractivity contribution in [1.29, 1.82) is 0 Å². The normalized spacial score (nSPS) is 11.3. The Morgan fingerprint density at radius 1 is 1.20 bits per heavy atom. The number of ether oxygens (including phenoxy) is 1. The fourth-order valence-electron chi connectivity index (χ4n) is 1.71. The fraction of sp³-hybridized carbons (Fsp3) is 0.533. The van der Waals surface area contributed by atoms with Gasteiger partial charge in [-0.15, -0.1) is 0 Å². The number of benzene rings is 1. The Morgan fingerprint density at radius 2 is 1.80 bits per heavy atom. The number of carbonyl (C=O) groups is 1. The Bertz CT molecular complexity index is 429. The highest BCUT2D eigenvalue weighted by molar-refractivity contribution is 5.96. The summed E-state index contributed by atoms with van der Waals surface area (Å²) in [5.41, 5.74) is 0.0781. The van der Waals surface area contributed by atoms with Gasteiger partial charge in [-0.3, -0.25) is 4.79 Å². The van der Waals surface area contributed by atoms with Crippen molar-refractivity contribution in [3.8, 4) is 0 Å². The number of halogens is 2. The van der Waals surface area contributed by atoms with E-state index in [1.807, 2.05) is 25.8 Å². The summed E-state index contributed by atoms with van der Waals surface area (Å²) in [5, 5.41) is 0. The molecule has 0 heterocycles. The molecule has 0 N–H and O–H groups in total. The van der Waals surface area contributed by atoms with E-state index in [1.165, 1.54) is 0 Å². The van der Waals surface area contributed by atoms with Crippen LogP contribution < -0.4 is 0 Å². The minimum atomic E-state index is -0.730. The van der Waals surface area contributed by atoms with E-state index in [0.717, 1.165) is 18.2 Å². The molecule has 112 valence electrons. The van der Waals surface area contributed by atoms with Crippen LogP contribution in [0.5, 0.6) is 0 Å². The van der Waals surface area contributed by atoms with Gasteiger partial charge in [0.25, 0.3) is 0 Å². The summed E-state index contributed by atoms with van der Waals surface area (Å²) in [6.45, 7) is 5.75. The zero-order valence-electron chi connectivity index (χ0n) is 12.2. The first kappa shape index (κ1) is 16.7. The van der Waals surface area contributed by atoms with Gasteiger partial charge in [0.05, 0.1) is 12.7 Å². The average Bonchev–Trinajstić information content (AvgIpc) is 2.34. The molecular formula is C15H21F2NO2. The highest BCUT2D eigenvalue weighted by Gasteiger charge is 2.10. The summed E-state index contributed by atoms with van der Waals surface area (Å²) in [4.78, 5) is 13.8. The van der Waals surface area contributed by atoms with Crippen LogP contribution in [0.25, 0.3) is 0 Å². The van der Waals surface area contributed by atoms with Gasteiger partial charge in [-0.2, -0.15) is 0 Å². The van der Waals surface area contributed by atoms with E-state index in [-0.39, 0.29) is 23.9 Å². The van der Waals surface area contributed by atoms with E-state index < -0.39 is 11.6 Å². The van der Waals surface area contributed by atoms with Crippen LogP contribution in [0.1, 0.15) is 30.6 Å². The predicted octanol–water partition coefficient (Wildman–Crippen LogP) is 2.89. The topological polar surface area (TPSA) is 29.5 Å². The molecule has 0 aliphatic rings. The van der Waals surface area contributed by atoms with Gasteiger partial charge < -0.3 is 9.64 Å². The molecule has 0 radical (unpaired) electrons. The minimum absolute atomic E-state index is 0.0781. The van der Waals surface area contributed by atoms with Crippen molar-refractivity contribution in [3.63, 3.8) is 0 Å². The molecule has 0 atom stereocenters. The minimum Gasteiger partial charge on any atom is -0.377 e. The summed E-state index contributed by atoms with van der Waals surface area (Å²) >= 11 is 0. The second-order valence-electron chi connectivity index (χ2n) is 5.05. The molecule has 0 aromatic heterocycles.